The van der Waals surface area contributed by atoms with Gasteiger partial charge in [-0.1, -0.05) is 133 Å². The van der Waals surface area contributed by atoms with Crippen molar-refractivity contribution in [3.05, 3.63) is 105 Å². The number of rotatable bonds is 33. The zero-order valence-corrected chi connectivity index (χ0v) is 44.7. The quantitative estimate of drug-likeness (QED) is 0.0264. The third-order valence-corrected chi connectivity index (χ3v) is 13.8. The first-order valence-corrected chi connectivity index (χ1v) is 27.0. The molecule has 0 saturated carbocycles. The highest BCUT2D eigenvalue weighted by molar-refractivity contribution is 6.28. The van der Waals surface area contributed by atoms with Gasteiger partial charge in [-0.15, -0.1) is 0 Å². The van der Waals surface area contributed by atoms with Crippen molar-refractivity contribution >= 4 is 7.32 Å². The second kappa shape index (κ2) is 35.2. The van der Waals surface area contributed by atoms with E-state index in [4.69, 9.17) is 4.65 Å². The fraction of sp³-hybridized carbons (Fsp3) is 0.679. The maximum Gasteiger partial charge on any atom is 0.194 e. The summed E-state index contributed by atoms with van der Waals surface area (Å²) in [5, 5.41) is 23.7. The summed E-state index contributed by atoms with van der Waals surface area (Å²) < 4.78 is 137. The molecular formula is C56H88BF9N2O3. The number of unbranched alkanes of at least 4 members (excludes halogenated alkanes) is 9. The Balaban J connectivity index is 0.000000618. The molecule has 0 heterocycles. The summed E-state index contributed by atoms with van der Waals surface area (Å²) >= 11 is 0. The third kappa shape index (κ3) is 19.9. The van der Waals surface area contributed by atoms with E-state index in [0.717, 1.165) is 0 Å². The number of hydrogen-bond acceptors (Lipinski definition) is 3. The summed E-state index contributed by atoms with van der Waals surface area (Å²) in [4.78, 5) is 0. The first-order chi connectivity index (χ1) is 33.9. The predicted molar refractivity (Wildman–Crippen MR) is 268 cm³/mol. The molecule has 1 atom stereocenters. The van der Waals surface area contributed by atoms with Crippen molar-refractivity contribution in [1.82, 2.24) is 0 Å². The van der Waals surface area contributed by atoms with Gasteiger partial charge in [-0.3, -0.25) is 0 Å². The average molecular weight is 1020 g/mol. The van der Waals surface area contributed by atoms with E-state index in [1.54, 1.807) is 6.92 Å². The lowest BCUT2D eigenvalue weighted by Gasteiger charge is -2.48. The summed E-state index contributed by atoms with van der Waals surface area (Å²) in [5.41, 5.74) is -6.77. The Hall–Kier alpha value is -3.11. The van der Waals surface area contributed by atoms with Crippen molar-refractivity contribution < 1.29 is 63.2 Å². The van der Waals surface area contributed by atoms with Gasteiger partial charge in [0, 0.05) is 17.0 Å². The fourth-order valence-electron chi connectivity index (χ4n) is 9.59. The van der Waals surface area contributed by atoms with Gasteiger partial charge in [-0.2, -0.15) is 0 Å². The Morgan fingerprint density at radius 2 is 0.662 bits per heavy atom. The van der Waals surface area contributed by atoms with Crippen LogP contribution in [0.15, 0.2) is 36.4 Å². The predicted octanol–water partition coefficient (Wildman–Crippen LogP) is 14.9. The van der Waals surface area contributed by atoms with Crippen molar-refractivity contribution in [2.45, 2.75) is 196 Å². The number of halogens is 9. The van der Waals surface area contributed by atoms with Crippen molar-refractivity contribution in [2.24, 2.45) is 0 Å². The summed E-state index contributed by atoms with van der Waals surface area (Å²) in [5.74, 6) is -19.9. The lowest BCUT2D eigenvalue weighted by molar-refractivity contribution is -0.929. The van der Waals surface area contributed by atoms with E-state index in [9.17, 15) is 36.4 Å². The largest absolute Gasteiger partial charge is 0.871 e. The van der Waals surface area contributed by atoms with Crippen LogP contribution in [0, 0.1) is 52.4 Å². The molecule has 3 rings (SSSR count). The Labute approximate surface area is 422 Å². The molecule has 0 aliphatic heterocycles. The van der Waals surface area contributed by atoms with Gasteiger partial charge in [0.05, 0.1) is 59.7 Å². The molecule has 0 bridgehead atoms. The van der Waals surface area contributed by atoms with Crippen molar-refractivity contribution in [2.75, 3.05) is 52.4 Å². The molecule has 0 fully saturated rings. The molecule has 0 aliphatic rings. The minimum Gasteiger partial charge on any atom is -0.871 e. The van der Waals surface area contributed by atoms with E-state index in [-0.39, 0.29) is 12.8 Å². The summed E-state index contributed by atoms with van der Waals surface area (Å²) in [7, 11) is -3.49. The first-order valence-electron chi connectivity index (χ1n) is 27.0. The highest BCUT2D eigenvalue weighted by Crippen LogP contribution is 2.51. The van der Waals surface area contributed by atoms with Gasteiger partial charge in [0.15, 0.2) is 52.4 Å². The van der Waals surface area contributed by atoms with Crippen LogP contribution in [-0.4, -0.2) is 68.6 Å². The van der Waals surface area contributed by atoms with Crippen molar-refractivity contribution in [1.29, 1.82) is 0 Å². The third-order valence-electron chi connectivity index (χ3n) is 13.8. The highest BCUT2D eigenvalue weighted by Gasteiger charge is 2.49. The van der Waals surface area contributed by atoms with E-state index in [0.29, 0.717) is 36.4 Å². The molecule has 71 heavy (non-hydrogen) atoms. The lowest BCUT2D eigenvalue weighted by Crippen LogP contribution is -2.56. The number of benzene rings is 3. The van der Waals surface area contributed by atoms with Gasteiger partial charge in [-0.05, 0) is 93.7 Å². The Bertz CT molecular complexity index is 1760. The van der Waals surface area contributed by atoms with E-state index >= 15 is 13.2 Å². The molecule has 3 aromatic rings. The van der Waals surface area contributed by atoms with Gasteiger partial charge >= 0.3 is 0 Å². The minimum absolute atomic E-state index is 0.00676. The molecule has 0 aromatic heterocycles. The molecule has 0 aliphatic carbocycles. The molecule has 0 amide bonds. The summed E-state index contributed by atoms with van der Waals surface area (Å²) in [6, 6.07) is 2.49. The summed E-state index contributed by atoms with van der Waals surface area (Å²) in [6.07, 6.45) is 21.9. The van der Waals surface area contributed by atoms with E-state index < -0.39 is 94.3 Å². The van der Waals surface area contributed by atoms with Crippen LogP contribution in [0.5, 0.6) is 0 Å². The van der Waals surface area contributed by atoms with Crippen LogP contribution < -0.4 is 10.0 Å². The van der Waals surface area contributed by atoms with Gasteiger partial charge in [0.1, 0.15) is 5.60 Å². The monoisotopic (exact) mass is 1020 g/mol. The maximum absolute atomic E-state index is 15.2. The molecular weight excluding hydrogens is 930 g/mol. The molecule has 3 aromatic carbocycles. The maximum atomic E-state index is 15.2. The van der Waals surface area contributed by atoms with E-state index in [1.165, 1.54) is 164 Å². The molecule has 5 nitrogen and oxygen atoms in total. The summed E-state index contributed by atoms with van der Waals surface area (Å²) in [6.45, 7) is 31.6. The second-order valence-electron chi connectivity index (χ2n) is 19.3. The number of nitrogens with zero attached hydrogens (tertiary/aromatic N) is 2. The lowest BCUT2D eigenvalue weighted by atomic mass is 9.69. The average Bonchev–Trinajstić information content (AvgIpc) is 3.36. The molecule has 0 N–H and O–H groups in total. The van der Waals surface area contributed by atoms with Crippen LogP contribution in [-0.2, 0) is 10.3 Å². The molecule has 0 radical (unpaired) electrons. The Morgan fingerprint density at radius 1 is 0.394 bits per heavy atom. The smallest absolute Gasteiger partial charge is 0.194 e. The number of hydrogen-bond donors (Lipinski definition) is 0. The molecule has 0 spiro atoms. The zero-order chi connectivity index (χ0) is 53.6. The topological polar surface area (TPSA) is 55.3 Å². The Morgan fingerprint density at radius 3 is 0.930 bits per heavy atom. The van der Waals surface area contributed by atoms with Crippen molar-refractivity contribution in [3.8, 4) is 0 Å². The highest BCUT2D eigenvalue weighted by atomic mass is 19.2. The van der Waals surface area contributed by atoms with E-state index in [1.807, 2.05) is 0 Å². The van der Waals surface area contributed by atoms with Gasteiger partial charge < -0.3 is 23.7 Å². The van der Waals surface area contributed by atoms with Crippen LogP contribution in [0.3, 0.4) is 0 Å². The molecule has 406 valence electrons. The Kier molecular flexibility index (Phi) is 32.6. The molecule has 0 saturated heterocycles. The van der Waals surface area contributed by atoms with Gasteiger partial charge in [0.2, 0.25) is 0 Å². The van der Waals surface area contributed by atoms with Crippen molar-refractivity contribution in [3.63, 3.8) is 0 Å². The van der Waals surface area contributed by atoms with Crippen LogP contribution >= 0.6 is 0 Å². The van der Waals surface area contributed by atoms with Crippen LogP contribution in [0.4, 0.5) is 39.5 Å². The first kappa shape index (κ1) is 65.9. The van der Waals surface area contributed by atoms with Gasteiger partial charge in [0.25, 0.3) is 0 Å². The number of quaternary nitrogens is 2. The molecule has 15 heteroatoms. The normalized spacial score (nSPS) is 12.3. The van der Waals surface area contributed by atoms with Crippen LogP contribution in [0.2, 0.25) is 0 Å². The fourth-order valence-corrected chi connectivity index (χ4v) is 9.59. The van der Waals surface area contributed by atoms with Gasteiger partial charge in [-0.25, -0.2) is 39.5 Å². The van der Waals surface area contributed by atoms with E-state index in [2.05, 4.69) is 55.4 Å². The SMILES string of the molecule is CCCCC(c1ccc(F)c(F)c1F)C(OB([O-])[O-])(c1ccc(F)c(F)c1F)c1ccc(F)c(F)c1F.CCCC[N+](CCCC)(CCCC)CCCC.CCCC[N+](CCCC)(CCCC)CCCC. The standard InChI is InChI=1S/C24H16BF9O3.2C16H36N/c1-2-3-4-12(11-5-8-15(26)21(32)18(11)29)24(37-25(35)36,13-6-9-16(27)22(33)19(13)30)14-7-10-17(28)23(34)20(14)31;2*1-5-9-13-17(14-10-6-2,15-11-7-3)16-12-8-4/h5-10,12H,2-4H2,1H3;2*5-16H2,1-4H3/q-2;2*+1. The second-order valence-corrected chi connectivity index (χ2v) is 19.3. The zero-order valence-electron chi connectivity index (χ0n) is 44.7. The van der Waals surface area contributed by atoms with Crippen LogP contribution in [0.1, 0.15) is 207 Å². The molecule has 1 unspecified atom stereocenters. The minimum atomic E-state index is -3.49. The van der Waals surface area contributed by atoms with Crippen LogP contribution in [0.25, 0.3) is 0 Å².